The predicted molar refractivity (Wildman–Crippen MR) is 121 cm³/mol. The first kappa shape index (κ1) is 20.7. The number of hydrogen-bond donors (Lipinski definition) is 0. The maximum Gasteiger partial charge on any atom is 0.195 e. The minimum atomic E-state index is -1.49. The lowest BCUT2D eigenvalue weighted by Crippen LogP contribution is -2.55. The van der Waals surface area contributed by atoms with E-state index in [0.717, 1.165) is 29.7 Å². The first-order chi connectivity index (χ1) is 13.8. The zero-order valence-electron chi connectivity index (χ0n) is 19.5. The lowest BCUT2D eigenvalue weighted by Gasteiger charge is -2.60. The molecular formula is C26H44O2Si. The first-order valence-electron chi connectivity index (χ1n) is 13.0. The fourth-order valence-electron chi connectivity index (χ4n) is 9.23. The largest absolute Gasteiger partial charge is 0.414 e. The van der Waals surface area contributed by atoms with E-state index < -0.39 is 8.32 Å². The third kappa shape index (κ3) is 3.07. The molecule has 0 radical (unpaired) electrons. The van der Waals surface area contributed by atoms with Gasteiger partial charge in [0, 0.05) is 17.9 Å². The second-order valence-corrected chi connectivity index (χ2v) is 17.0. The summed E-state index contributed by atoms with van der Waals surface area (Å²) in [5, 5.41) is 0. The zero-order chi connectivity index (χ0) is 20.4. The lowest BCUT2D eigenvalue weighted by atomic mass is 9.45. The van der Waals surface area contributed by atoms with E-state index >= 15 is 0 Å². The van der Waals surface area contributed by atoms with Gasteiger partial charge in [-0.25, -0.2) is 0 Å². The van der Waals surface area contributed by atoms with Gasteiger partial charge < -0.3 is 4.43 Å². The first-order valence-corrected chi connectivity index (χ1v) is 15.4. The number of Topliss-reactive ketones (excluding diaryl/α,β-unsaturated/α-hetero) is 1. The van der Waals surface area contributed by atoms with Crippen LogP contribution in [0.15, 0.2) is 0 Å². The molecule has 5 rings (SSSR count). The normalized spacial score (nSPS) is 49.0. The molecule has 0 aromatic rings. The SMILES string of the molecule is CC(C)[Si]1(O[C@@H]2CC[C@@]3(C)C(CCC4C3CC[C@]3(C)C(=O)CCC43)C2)CCCC1. The highest BCUT2D eigenvalue weighted by Crippen LogP contribution is 2.65. The average molecular weight is 417 g/mol. The standard InChI is InChI=1S/C26H44O2Si/c1-18(2)29(15-5-6-16-29)28-20-11-13-25(3)19(17-20)7-8-21-22-9-10-24(27)26(22,4)14-12-23(21)25/h18-23H,5-17H2,1-4H3/t19?,20-,21?,22?,23?,25+,26+/m1/s1. The van der Waals surface area contributed by atoms with E-state index in [0.29, 0.717) is 23.2 Å². The molecule has 0 spiro atoms. The van der Waals surface area contributed by atoms with Crippen LogP contribution in [0.2, 0.25) is 17.6 Å². The maximum atomic E-state index is 12.6. The van der Waals surface area contributed by atoms with Crippen LogP contribution < -0.4 is 0 Å². The van der Waals surface area contributed by atoms with Crippen molar-refractivity contribution < 1.29 is 9.22 Å². The Bertz CT molecular complexity index is 653. The van der Waals surface area contributed by atoms with Crippen molar-refractivity contribution in [3.05, 3.63) is 0 Å². The van der Waals surface area contributed by atoms with Gasteiger partial charge in [-0.3, -0.25) is 4.79 Å². The summed E-state index contributed by atoms with van der Waals surface area (Å²) in [6.07, 6.45) is 14.7. The number of carbonyl (C=O) groups excluding carboxylic acids is 1. The van der Waals surface area contributed by atoms with E-state index in [2.05, 4.69) is 27.7 Å². The summed E-state index contributed by atoms with van der Waals surface area (Å²) >= 11 is 0. The Balaban J connectivity index is 1.31. The molecule has 0 aromatic heterocycles. The van der Waals surface area contributed by atoms with Crippen molar-refractivity contribution in [3.63, 3.8) is 0 Å². The van der Waals surface area contributed by atoms with E-state index in [1.165, 1.54) is 76.3 Å². The third-order valence-electron chi connectivity index (χ3n) is 11.2. The van der Waals surface area contributed by atoms with Gasteiger partial charge in [0.15, 0.2) is 8.32 Å². The molecular weight excluding hydrogens is 372 g/mol. The van der Waals surface area contributed by atoms with Gasteiger partial charge in [0.1, 0.15) is 5.78 Å². The van der Waals surface area contributed by atoms with Gasteiger partial charge in [-0.2, -0.15) is 0 Å². The van der Waals surface area contributed by atoms with Gasteiger partial charge in [-0.05, 0) is 98.1 Å². The molecule has 164 valence electrons. The average Bonchev–Trinajstić information content (AvgIpc) is 3.28. The van der Waals surface area contributed by atoms with E-state index in [4.69, 9.17) is 4.43 Å². The monoisotopic (exact) mass is 416 g/mol. The van der Waals surface area contributed by atoms with Crippen molar-refractivity contribution in [2.75, 3.05) is 0 Å². The van der Waals surface area contributed by atoms with Crippen molar-refractivity contribution in [3.8, 4) is 0 Å². The molecule has 4 saturated carbocycles. The molecule has 7 atom stereocenters. The summed E-state index contributed by atoms with van der Waals surface area (Å²) in [6.45, 7) is 9.85. The molecule has 29 heavy (non-hydrogen) atoms. The van der Waals surface area contributed by atoms with Crippen LogP contribution in [0, 0.1) is 34.5 Å². The molecule has 5 aliphatic rings. The predicted octanol–water partition coefficient (Wildman–Crippen LogP) is 7.13. The Hall–Kier alpha value is -0.153. The Morgan fingerprint density at radius 1 is 0.966 bits per heavy atom. The van der Waals surface area contributed by atoms with Gasteiger partial charge in [0.05, 0.1) is 0 Å². The molecule has 4 unspecified atom stereocenters. The molecule has 2 nitrogen and oxygen atoms in total. The lowest BCUT2D eigenvalue weighted by molar-refractivity contribution is -0.141. The highest BCUT2D eigenvalue weighted by atomic mass is 28.4. The summed E-state index contributed by atoms with van der Waals surface area (Å²) in [6, 6.07) is 2.84. The topological polar surface area (TPSA) is 26.3 Å². The van der Waals surface area contributed by atoms with E-state index in [1.54, 1.807) is 0 Å². The van der Waals surface area contributed by atoms with Crippen LogP contribution >= 0.6 is 0 Å². The van der Waals surface area contributed by atoms with Gasteiger partial charge >= 0.3 is 0 Å². The van der Waals surface area contributed by atoms with E-state index in [9.17, 15) is 4.79 Å². The van der Waals surface area contributed by atoms with Crippen LogP contribution in [0.4, 0.5) is 0 Å². The number of ketones is 1. The third-order valence-corrected chi connectivity index (χ3v) is 16.5. The fraction of sp³-hybridized carbons (Fsp3) is 0.962. The van der Waals surface area contributed by atoms with Crippen molar-refractivity contribution in [2.45, 2.75) is 122 Å². The summed E-state index contributed by atoms with van der Waals surface area (Å²) < 4.78 is 7.13. The van der Waals surface area contributed by atoms with Crippen LogP contribution in [-0.4, -0.2) is 20.2 Å². The minimum Gasteiger partial charge on any atom is -0.414 e. The summed E-state index contributed by atoms with van der Waals surface area (Å²) in [4.78, 5) is 12.6. The molecule has 1 saturated heterocycles. The molecule has 0 bridgehead atoms. The fourth-order valence-corrected chi connectivity index (χ4v) is 13.7. The quantitative estimate of drug-likeness (QED) is 0.457. The molecule has 5 fully saturated rings. The summed E-state index contributed by atoms with van der Waals surface area (Å²) in [5.74, 6) is 3.84. The number of rotatable bonds is 3. The molecule has 3 heteroatoms. The molecule has 1 heterocycles. The molecule has 4 aliphatic carbocycles. The molecule has 1 aliphatic heterocycles. The van der Waals surface area contributed by atoms with Crippen molar-refractivity contribution >= 4 is 14.1 Å². The van der Waals surface area contributed by atoms with Crippen molar-refractivity contribution in [2.24, 2.45) is 34.5 Å². The van der Waals surface area contributed by atoms with Crippen LogP contribution in [0.1, 0.15) is 98.3 Å². The van der Waals surface area contributed by atoms with Crippen LogP contribution in [0.3, 0.4) is 0 Å². The highest BCUT2D eigenvalue weighted by Gasteiger charge is 2.60. The maximum absolute atomic E-state index is 12.6. The second-order valence-electron chi connectivity index (χ2n) is 12.5. The van der Waals surface area contributed by atoms with Crippen LogP contribution in [0.5, 0.6) is 0 Å². The number of fused-ring (bicyclic) bond motifs is 5. The van der Waals surface area contributed by atoms with Crippen LogP contribution in [0.25, 0.3) is 0 Å². The zero-order valence-corrected chi connectivity index (χ0v) is 20.5. The molecule has 0 N–H and O–H groups in total. The van der Waals surface area contributed by atoms with E-state index in [-0.39, 0.29) is 5.41 Å². The number of carbonyl (C=O) groups is 1. The van der Waals surface area contributed by atoms with Crippen molar-refractivity contribution in [1.82, 2.24) is 0 Å². The van der Waals surface area contributed by atoms with Gasteiger partial charge in [-0.1, -0.05) is 40.5 Å². The minimum absolute atomic E-state index is 0.0302. The van der Waals surface area contributed by atoms with E-state index in [1.807, 2.05) is 0 Å². The Morgan fingerprint density at radius 3 is 2.45 bits per heavy atom. The Labute approximate surface area is 180 Å². The van der Waals surface area contributed by atoms with Gasteiger partial charge in [0.25, 0.3) is 0 Å². The summed E-state index contributed by atoms with van der Waals surface area (Å²) in [5.41, 5.74) is 1.32. The molecule has 0 aromatic carbocycles. The Kier molecular flexibility index (Phi) is 5.14. The molecule has 0 amide bonds. The number of hydrogen-bond acceptors (Lipinski definition) is 2. The van der Waals surface area contributed by atoms with Gasteiger partial charge in [0.2, 0.25) is 0 Å². The smallest absolute Gasteiger partial charge is 0.195 e. The van der Waals surface area contributed by atoms with Gasteiger partial charge in [-0.15, -0.1) is 0 Å². The van der Waals surface area contributed by atoms with Crippen LogP contribution in [-0.2, 0) is 9.22 Å². The van der Waals surface area contributed by atoms with Crippen molar-refractivity contribution in [1.29, 1.82) is 0 Å². The highest BCUT2D eigenvalue weighted by molar-refractivity contribution is 6.75. The Morgan fingerprint density at radius 2 is 1.72 bits per heavy atom. The second kappa shape index (κ2) is 7.19. The summed E-state index contributed by atoms with van der Waals surface area (Å²) in [7, 11) is -1.49.